The molecule has 0 atom stereocenters. The lowest BCUT2D eigenvalue weighted by atomic mass is 10.0. The Balaban J connectivity index is 1.89. The van der Waals surface area contributed by atoms with Crippen molar-refractivity contribution in [2.45, 2.75) is 20.0 Å². The fraction of sp³-hybridized carbons (Fsp3) is 0.188. The van der Waals surface area contributed by atoms with Crippen LogP contribution in [0.1, 0.15) is 27.0 Å². The average molecular weight is 272 g/mol. The molecule has 3 heteroatoms. The van der Waals surface area contributed by atoms with E-state index in [0.717, 1.165) is 22.3 Å². The number of amides is 1. The van der Waals surface area contributed by atoms with Crippen molar-refractivity contribution in [2.24, 2.45) is 0 Å². The summed E-state index contributed by atoms with van der Waals surface area (Å²) in [6, 6.07) is 13.8. The molecule has 0 bridgehead atoms. The smallest absolute Gasteiger partial charge is 0.255 e. The zero-order chi connectivity index (χ0) is 13.4. The van der Waals surface area contributed by atoms with Crippen LogP contribution in [0.15, 0.2) is 42.5 Å². The van der Waals surface area contributed by atoms with Gasteiger partial charge in [-0.3, -0.25) is 4.79 Å². The molecule has 0 radical (unpaired) electrons. The molecule has 2 nitrogen and oxygen atoms in total. The average Bonchev–Trinajstić information content (AvgIpc) is 2.67. The summed E-state index contributed by atoms with van der Waals surface area (Å²) in [7, 11) is 0. The molecule has 0 aromatic heterocycles. The Kier molecular flexibility index (Phi) is 3.03. The van der Waals surface area contributed by atoms with Crippen LogP contribution in [-0.2, 0) is 13.1 Å². The summed E-state index contributed by atoms with van der Waals surface area (Å²) in [5, 5.41) is 0.700. The van der Waals surface area contributed by atoms with Gasteiger partial charge in [-0.25, -0.2) is 0 Å². The van der Waals surface area contributed by atoms with Gasteiger partial charge in [0, 0.05) is 23.7 Å². The van der Waals surface area contributed by atoms with Crippen molar-refractivity contribution in [3.63, 3.8) is 0 Å². The third-order valence-electron chi connectivity index (χ3n) is 3.46. The van der Waals surface area contributed by atoms with E-state index in [1.54, 1.807) is 0 Å². The highest BCUT2D eigenvalue weighted by atomic mass is 35.5. The zero-order valence-electron chi connectivity index (χ0n) is 10.7. The highest BCUT2D eigenvalue weighted by molar-refractivity contribution is 6.31. The summed E-state index contributed by atoms with van der Waals surface area (Å²) in [5.74, 6) is 0.105. The van der Waals surface area contributed by atoms with E-state index in [0.29, 0.717) is 18.1 Å². The molecule has 0 aliphatic carbocycles. The van der Waals surface area contributed by atoms with E-state index in [1.807, 2.05) is 54.3 Å². The van der Waals surface area contributed by atoms with Crippen LogP contribution in [0.25, 0.3) is 0 Å². The molecule has 0 spiro atoms. The zero-order valence-corrected chi connectivity index (χ0v) is 11.4. The molecule has 0 saturated carbocycles. The summed E-state index contributed by atoms with van der Waals surface area (Å²) in [4.78, 5) is 14.3. The van der Waals surface area contributed by atoms with Gasteiger partial charge in [0.25, 0.3) is 5.91 Å². The number of rotatable bonds is 2. The van der Waals surface area contributed by atoms with Gasteiger partial charge in [0.1, 0.15) is 0 Å². The van der Waals surface area contributed by atoms with Gasteiger partial charge in [-0.2, -0.15) is 0 Å². The molecule has 0 N–H and O–H groups in total. The van der Waals surface area contributed by atoms with Gasteiger partial charge in [0.2, 0.25) is 0 Å². The SMILES string of the molecule is Cc1cc(Cl)cc2c1C(=O)N(Cc1ccccc1)C2. The molecule has 1 aliphatic heterocycles. The van der Waals surface area contributed by atoms with Gasteiger partial charge < -0.3 is 4.90 Å². The van der Waals surface area contributed by atoms with Crippen molar-refractivity contribution in [1.29, 1.82) is 0 Å². The van der Waals surface area contributed by atoms with Gasteiger partial charge in [-0.15, -0.1) is 0 Å². The Bertz CT molecular complexity index is 637. The van der Waals surface area contributed by atoms with Gasteiger partial charge >= 0.3 is 0 Å². The second-order valence-electron chi connectivity index (χ2n) is 4.90. The Labute approximate surface area is 117 Å². The molecule has 19 heavy (non-hydrogen) atoms. The van der Waals surface area contributed by atoms with E-state index in [9.17, 15) is 4.79 Å². The van der Waals surface area contributed by atoms with Gasteiger partial charge in [-0.1, -0.05) is 41.9 Å². The molecule has 0 fully saturated rings. The predicted octanol–water partition coefficient (Wildman–Crippen LogP) is 3.80. The van der Waals surface area contributed by atoms with Crippen molar-refractivity contribution in [2.75, 3.05) is 0 Å². The molecule has 1 aliphatic rings. The van der Waals surface area contributed by atoms with Crippen molar-refractivity contribution < 1.29 is 4.79 Å². The van der Waals surface area contributed by atoms with Crippen LogP contribution >= 0.6 is 11.6 Å². The Morgan fingerprint density at radius 2 is 1.95 bits per heavy atom. The molecule has 0 saturated heterocycles. The molecule has 0 unspecified atom stereocenters. The minimum absolute atomic E-state index is 0.105. The fourth-order valence-corrected chi connectivity index (χ4v) is 2.91. The highest BCUT2D eigenvalue weighted by Crippen LogP contribution is 2.29. The predicted molar refractivity (Wildman–Crippen MR) is 76.2 cm³/mol. The number of nitrogens with zero attached hydrogens (tertiary/aromatic N) is 1. The number of carbonyl (C=O) groups is 1. The summed E-state index contributed by atoms with van der Waals surface area (Å²) in [6.07, 6.45) is 0. The minimum Gasteiger partial charge on any atom is -0.330 e. The van der Waals surface area contributed by atoms with Crippen LogP contribution in [0.4, 0.5) is 0 Å². The van der Waals surface area contributed by atoms with Crippen molar-refractivity contribution in [3.05, 3.63) is 69.7 Å². The molecule has 1 heterocycles. The first-order valence-electron chi connectivity index (χ1n) is 6.27. The monoisotopic (exact) mass is 271 g/mol. The normalized spacial score (nSPS) is 13.8. The van der Waals surface area contributed by atoms with E-state index >= 15 is 0 Å². The molecular weight excluding hydrogens is 258 g/mol. The van der Waals surface area contributed by atoms with Crippen LogP contribution in [0.2, 0.25) is 5.02 Å². The minimum atomic E-state index is 0.105. The lowest BCUT2D eigenvalue weighted by Gasteiger charge is -2.15. The van der Waals surface area contributed by atoms with E-state index in [1.165, 1.54) is 0 Å². The second kappa shape index (κ2) is 4.71. The molecule has 96 valence electrons. The summed E-state index contributed by atoms with van der Waals surface area (Å²) in [6.45, 7) is 3.23. The van der Waals surface area contributed by atoms with Crippen LogP contribution < -0.4 is 0 Å². The van der Waals surface area contributed by atoms with Gasteiger partial charge in [-0.05, 0) is 35.7 Å². The van der Waals surface area contributed by atoms with Crippen LogP contribution in [0, 0.1) is 6.92 Å². The summed E-state index contributed by atoms with van der Waals surface area (Å²) in [5.41, 5.74) is 3.96. The van der Waals surface area contributed by atoms with E-state index < -0.39 is 0 Å². The lowest BCUT2D eigenvalue weighted by molar-refractivity contribution is 0.0766. The first-order chi connectivity index (χ1) is 9.15. The molecule has 3 rings (SSSR count). The van der Waals surface area contributed by atoms with Crippen molar-refractivity contribution in [1.82, 2.24) is 4.90 Å². The van der Waals surface area contributed by atoms with E-state index in [2.05, 4.69) is 0 Å². The fourth-order valence-electron chi connectivity index (χ4n) is 2.61. The third kappa shape index (κ3) is 2.24. The van der Waals surface area contributed by atoms with E-state index in [4.69, 9.17) is 11.6 Å². The Hall–Kier alpha value is -1.80. The van der Waals surface area contributed by atoms with Crippen LogP contribution in [0.5, 0.6) is 0 Å². The molecular formula is C16H14ClNO. The maximum Gasteiger partial charge on any atom is 0.255 e. The number of benzene rings is 2. The molecule has 2 aromatic rings. The number of aryl methyl sites for hydroxylation is 1. The first-order valence-corrected chi connectivity index (χ1v) is 6.65. The second-order valence-corrected chi connectivity index (χ2v) is 5.34. The number of hydrogen-bond donors (Lipinski definition) is 0. The summed E-state index contributed by atoms with van der Waals surface area (Å²) >= 11 is 6.05. The van der Waals surface area contributed by atoms with Gasteiger partial charge in [0.15, 0.2) is 0 Å². The standard InChI is InChI=1S/C16H14ClNO/c1-11-7-14(17)8-13-10-18(16(19)15(11)13)9-12-5-3-2-4-6-12/h2-8H,9-10H2,1H3. The largest absolute Gasteiger partial charge is 0.330 e. The molecule has 1 amide bonds. The molecule has 2 aromatic carbocycles. The van der Waals surface area contributed by atoms with Crippen LogP contribution in [0.3, 0.4) is 0 Å². The topological polar surface area (TPSA) is 20.3 Å². The van der Waals surface area contributed by atoms with Crippen molar-refractivity contribution in [3.8, 4) is 0 Å². The maximum atomic E-state index is 12.4. The van der Waals surface area contributed by atoms with Gasteiger partial charge in [0.05, 0.1) is 0 Å². The Morgan fingerprint density at radius 1 is 1.21 bits per heavy atom. The first kappa shape index (κ1) is 12.2. The number of carbonyl (C=O) groups excluding carboxylic acids is 1. The van der Waals surface area contributed by atoms with E-state index in [-0.39, 0.29) is 5.91 Å². The number of halogens is 1. The number of fused-ring (bicyclic) bond motifs is 1. The van der Waals surface area contributed by atoms with Crippen LogP contribution in [-0.4, -0.2) is 10.8 Å². The lowest BCUT2D eigenvalue weighted by Crippen LogP contribution is -2.23. The quantitative estimate of drug-likeness (QED) is 0.813. The maximum absolute atomic E-state index is 12.4. The number of hydrogen-bond acceptors (Lipinski definition) is 1. The highest BCUT2D eigenvalue weighted by Gasteiger charge is 2.29. The third-order valence-corrected chi connectivity index (χ3v) is 3.68. The summed E-state index contributed by atoms with van der Waals surface area (Å²) < 4.78 is 0. The Morgan fingerprint density at radius 3 is 2.68 bits per heavy atom. The van der Waals surface area contributed by atoms with Crippen molar-refractivity contribution >= 4 is 17.5 Å².